The number of rotatable bonds is 16. The fraction of sp³-hybridized carbons (Fsp3) is 0.633. The lowest BCUT2D eigenvalue weighted by Crippen LogP contribution is -2.26. The number of hydrogen-bond donors (Lipinski definition) is 1. The summed E-state index contributed by atoms with van der Waals surface area (Å²) in [6, 6.07) is 10.6. The zero-order valence-corrected chi connectivity index (χ0v) is 20.6. The van der Waals surface area contributed by atoms with Crippen molar-refractivity contribution < 1.29 is 19.4 Å². The molecule has 0 spiro atoms. The lowest BCUT2D eigenvalue weighted by molar-refractivity contribution is -0.137. The molecule has 4 atom stereocenters. The molecule has 34 heavy (non-hydrogen) atoms. The average Bonchev–Trinajstić information content (AvgIpc) is 3.44. The van der Waals surface area contributed by atoms with Gasteiger partial charge in [0.25, 0.3) is 0 Å². The van der Waals surface area contributed by atoms with Crippen molar-refractivity contribution in [2.45, 2.75) is 95.7 Å². The molecule has 1 aromatic carbocycles. The number of hydrogen-bond acceptors (Lipinski definition) is 3. The predicted molar refractivity (Wildman–Crippen MR) is 137 cm³/mol. The summed E-state index contributed by atoms with van der Waals surface area (Å²) in [5, 5.41) is 8.73. The zero-order valence-electron chi connectivity index (χ0n) is 20.6. The molecule has 1 aromatic rings. The van der Waals surface area contributed by atoms with E-state index in [2.05, 4.69) is 54.3 Å². The second kappa shape index (κ2) is 15.7. The van der Waals surface area contributed by atoms with Crippen LogP contribution in [0.1, 0.15) is 82.6 Å². The fourth-order valence-corrected chi connectivity index (χ4v) is 5.37. The van der Waals surface area contributed by atoms with E-state index < -0.39 is 5.97 Å². The number of fused-ring (bicyclic) bond motifs is 2. The van der Waals surface area contributed by atoms with E-state index in [9.17, 15) is 4.79 Å². The SMILES string of the molecule is O=C(O)CCCC=CC[C@H]1[C@@H](CCCCOCC#CCCCCc2ccccc2)[C@H]2CC[C@@H]1O2. The molecule has 0 aliphatic carbocycles. The maximum absolute atomic E-state index is 10.6. The maximum Gasteiger partial charge on any atom is 0.303 e. The Morgan fingerprint density at radius 3 is 2.65 bits per heavy atom. The van der Waals surface area contributed by atoms with Crippen LogP contribution in [0.2, 0.25) is 0 Å². The van der Waals surface area contributed by atoms with Gasteiger partial charge in [0.2, 0.25) is 0 Å². The van der Waals surface area contributed by atoms with Gasteiger partial charge < -0.3 is 14.6 Å². The summed E-state index contributed by atoms with van der Waals surface area (Å²) in [5.41, 5.74) is 1.41. The third kappa shape index (κ3) is 9.65. The Morgan fingerprint density at radius 2 is 1.82 bits per heavy atom. The van der Waals surface area contributed by atoms with Crippen molar-refractivity contribution in [1.29, 1.82) is 0 Å². The van der Waals surface area contributed by atoms with Crippen molar-refractivity contribution in [2.75, 3.05) is 13.2 Å². The minimum absolute atomic E-state index is 0.257. The number of aryl methyl sites for hydroxylation is 1. The van der Waals surface area contributed by atoms with Gasteiger partial charge in [-0.2, -0.15) is 0 Å². The standard InChI is InChI=1S/C30H42O4/c31-30(32)20-11-4-3-10-18-26-27(29-22-21-28(26)34-29)19-12-14-24-33-23-13-5-1-2-7-15-25-16-8-6-9-17-25/h3,6,8-10,16-17,26-29H,1-2,4,7,11-12,14-15,18-24H2,(H,31,32)/t26-,27+,28-,29+/m0/s1. The number of aliphatic carboxylic acids is 1. The van der Waals surface area contributed by atoms with E-state index in [1.807, 2.05) is 0 Å². The van der Waals surface area contributed by atoms with Gasteiger partial charge in [-0.3, -0.25) is 4.79 Å². The summed E-state index contributed by atoms with van der Waals surface area (Å²) in [6.45, 7) is 1.34. The summed E-state index contributed by atoms with van der Waals surface area (Å²) in [4.78, 5) is 10.6. The van der Waals surface area contributed by atoms with E-state index in [0.717, 1.165) is 51.6 Å². The molecule has 0 radical (unpaired) electrons. The Hall–Kier alpha value is -2.09. The van der Waals surface area contributed by atoms with E-state index in [0.29, 0.717) is 30.7 Å². The van der Waals surface area contributed by atoms with Crippen LogP contribution in [-0.2, 0) is 20.7 Å². The van der Waals surface area contributed by atoms with Gasteiger partial charge in [0.15, 0.2) is 0 Å². The van der Waals surface area contributed by atoms with Crippen molar-refractivity contribution in [3.8, 4) is 11.8 Å². The molecular weight excluding hydrogens is 424 g/mol. The largest absolute Gasteiger partial charge is 0.481 e. The lowest BCUT2D eigenvalue weighted by atomic mass is 9.75. The monoisotopic (exact) mass is 466 g/mol. The van der Waals surface area contributed by atoms with Gasteiger partial charge in [-0.15, -0.1) is 5.92 Å². The molecular formula is C30H42O4. The highest BCUT2D eigenvalue weighted by molar-refractivity contribution is 5.66. The normalized spacial score (nSPS) is 23.3. The number of carboxylic acids is 1. The van der Waals surface area contributed by atoms with Gasteiger partial charge in [0.05, 0.1) is 12.2 Å². The molecule has 3 rings (SSSR count). The number of benzene rings is 1. The second-order valence-corrected chi connectivity index (χ2v) is 9.71. The van der Waals surface area contributed by atoms with Gasteiger partial charge in [-0.25, -0.2) is 0 Å². The molecule has 0 aromatic heterocycles. The van der Waals surface area contributed by atoms with Gasteiger partial charge >= 0.3 is 5.97 Å². The number of unbranched alkanes of at least 4 members (excludes halogenated alkanes) is 4. The van der Waals surface area contributed by atoms with Crippen LogP contribution >= 0.6 is 0 Å². The third-order valence-corrected chi connectivity index (χ3v) is 7.16. The molecule has 0 saturated carbocycles. The summed E-state index contributed by atoms with van der Waals surface area (Å²) < 4.78 is 11.9. The van der Waals surface area contributed by atoms with Crippen molar-refractivity contribution in [3.05, 3.63) is 48.0 Å². The molecule has 2 aliphatic heterocycles. The van der Waals surface area contributed by atoms with Crippen LogP contribution < -0.4 is 0 Å². The Kier molecular flexibility index (Phi) is 12.3. The molecule has 4 heteroatoms. The number of ether oxygens (including phenoxy) is 2. The molecule has 2 aliphatic rings. The van der Waals surface area contributed by atoms with Crippen LogP contribution in [0.5, 0.6) is 0 Å². The first kappa shape index (κ1) is 26.5. The highest BCUT2D eigenvalue weighted by Crippen LogP contribution is 2.47. The fourth-order valence-electron chi connectivity index (χ4n) is 5.37. The second-order valence-electron chi connectivity index (χ2n) is 9.71. The molecule has 1 N–H and O–H groups in total. The van der Waals surface area contributed by atoms with E-state index in [-0.39, 0.29) is 6.42 Å². The maximum atomic E-state index is 10.6. The summed E-state index contributed by atoms with van der Waals surface area (Å²) in [5.74, 6) is 6.98. The molecule has 2 fully saturated rings. The molecule has 2 saturated heterocycles. The summed E-state index contributed by atoms with van der Waals surface area (Å²) in [6.07, 6.45) is 18.5. The van der Waals surface area contributed by atoms with Crippen LogP contribution in [0, 0.1) is 23.7 Å². The van der Waals surface area contributed by atoms with Crippen LogP contribution in [0.3, 0.4) is 0 Å². The highest BCUT2D eigenvalue weighted by atomic mass is 16.5. The number of carboxylic acid groups (broad SMARTS) is 1. The molecule has 2 heterocycles. The number of carbonyl (C=O) groups is 1. The molecule has 0 amide bonds. The van der Waals surface area contributed by atoms with Crippen LogP contribution in [-0.4, -0.2) is 36.5 Å². The predicted octanol–water partition coefficient (Wildman–Crippen LogP) is 6.58. The van der Waals surface area contributed by atoms with Crippen molar-refractivity contribution in [2.24, 2.45) is 11.8 Å². The van der Waals surface area contributed by atoms with E-state index in [4.69, 9.17) is 14.6 Å². The lowest BCUT2D eigenvalue weighted by Gasteiger charge is -2.27. The summed E-state index contributed by atoms with van der Waals surface area (Å²) >= 11 is 0. The quantitative estimate of drug-likeness (QED) is 0.170. The van der Waals surface area contributed by atoms with Gasteiger partial charge in [-0.05, 0) is 81.6 Å². The molecule has 4 nitrogen and oxygen atoms in total. The minimum atomic E-state index is -0.708. The first-order valence-electron chi connectivity index (χ1n) is 13.3. The minimum Gasteiger partial charge on any atom is -0.481 e. The smallest absolute Gasteiger partial charge is 0.303 e. The first-order valence-corrected chi connectivity index (χ1v) is 13.3. The van der Waals surface area contributed by atoms with E-state index >= 15 is 0 Å². The van der Waals surface area contributed by atoms with Gasteiger partial charge in [0, 0.05) is 19.4 Å². The molecule has 2 bridgehead atoms. The van der Waals surface area contributed by atoms with E-state index in [1.54, 1.807) is 0 Å². The summed E-state index contributed by atoms with van der Waals surface area (Å²) in [7, 11) is 0. The third-order valence-electron chi connectivity index (χ3n) is 7.16. The topological polar surface area (TPSA) is 55.8 Å². The van der Waals surface area contributed by atoms with Crippen LogP contribution in [0.4, 0.5) is 0 Å². The molecule has 186 valence electrons. The first-order chi connectivity index (χ1) is 16.7. The Labute approximate surface area is 206 Å². The Bertz CT molecular complexity index is 791. The van der Waals surface area contributed by atoms with Crippen molar-refractivity contribution in [3.63, 3.8) is 0 Å². The van der Waals surface area contributed by atoms with Gasteiger partial charge in [-0.1, -0.05) is 54.8 Å². The zero-order chi connectivity index (χ0) is 23.8. The Morgan fingerprint density at radius 1 is 1.00 bits per heavy atom. The average molecular weight is 467 g/mol. The van der Waals surface area contributed by atoms with E-state index in [1.165, 1.54) is 37.7 Å². The van der Waals surface area contributed by atoms with Crippen molar-refractivity contribution >= 4 is 5.97 Å². The Balaban J connectivity index is 1.19. The van der Waals surface area contributed by atoms with Crippen LogP contribution in [0.25, 0.3) is 0 Å². The van der Waals surface area contributed by atoms with Gasteiger partial charge in [0.1, 0.15) is 6.61 Å². The molecule has 0 unspecified atom stereocenters. The number of allylic oxidation sites excluding steroid dienone is 2. The van der Waals surface area contributed by atoms with Crippen LogP contribution in [0.15, 0.2) is 42.5 Å². The van der Waals surface area contributed by atoms with Crippen molar-refractivity contribution in [1.82, 2.24) is 0 Å². The highest BCUT2D eigenvalue weighted by Gasteiger charge is 2.47.